The average Bonchev–Trinajstić information content (AvgIpc) is 3.24. The molecule has 154 valence electrons. The van der Waals surface area contributed by atoms with Crippen molar-refractivity contribution in [3.05, 3.63) is 108 Å². The SMILES string of the molecule is Cc1[nH][nH]c(=O)c1C(c1ccccc1OCc1cccc(Cl)c1)c1c(C)[nH][nH]c1=O. The number of H-pyrrole nitrogens is 4. The van der Waals surface area contributed by atoms with Gasteiger partial charge in [-0.1, -0.05) is 41.9 Å². The number of hydrogen-bond acceptors (Lipinski definition) is 3. The summed E-state index contributed by atoms with van der Waals surface area (Å²) in [5.74, 6) is -0.0203. The lowest BCUT2D eigenvalue weighted by molar-refractivity contribution is 0.302. The Kier molecular flexibility index (Phi) is 5.37. The highest BCUT2D eigenvalue weighted by Crippen LogP contribution is 2.36. The zero-order chi connectivity index (χ0) is 21.3. The molecule has 2 aromatic carbocycles. The standard InChI is InChI=1S/C22H21ClN4O3/c1-12-18(21(28)26-24-12)20(19-13(2)25-27-22(19)29)16-8-3-4-9-17(16)30-11-14-6-5-7-15(23)10-14/h3-10,20H,11H2,1-2H3,(H2,24,26,28)(H2,25,27,29). The summed E-state index contributed by atoms with van der Waals surface area (Å²) >= 11 is 6.07. The molecule has 0 aliphatic carbocycles. The lowest BCUT2D eigenvalue weighted by atomic mass is 9.85. The summed E-state index contributed by atoms with van der Waals surface area (Å²) in [7, 11) is 0. The summed E-state index contributed by atoms with van der Waals surface area (Å²) in [6.07, 6.45) is 0. The molecule has 30 heavy (non-hydrogen) atoms. The van der Waals surface area contributed by atoms with E-state index in [9.17, 15) is 9.59 Å². The molecule has 0 bridgehead atoms. The van der Waals surface area contributed by atoms with Crippen molar-refractivity contribution in [2.45, 2.75) is 26.4 Å². The highest BCUT2D eigenvalue weighted by molar-refractivity contribution is 6.30. The van der Waals surface area contributed by atoms with E-state index >= 15 is 0 Å². The van der Waals surface area contributed by atoms with Gasteiger partial charge in [-0.15, -0.1) is 0 Å². The van der Waals surface area contributed by atoms with Crippen LogP contribution in [0.2, 0.25) is 5.02 Å². The van der Waals surface area contributed by atoms with Crippen LogP contribution in [0, 0.1) is 13.8 Å². The monoisotopic (exact) mass is 424 g/mol. The van der Waals surface area contributed by atoms with Crippen molar-refractivity contribution in [3.63, 3.8) is 0 Å². The first kappa shape index (κ1) is 19.8. The molecular weight excluding hydrogens is 404 g/mol. The number of ether oxygens (including phenoxy) is 1. The molecule has 4 rings (SSSR count). The third-order valence-electron chi connectivity index (χ3n) is 5.12. The molecule has 0 spiro atoms. The van der Waals surface area contributed by atoms with Crippen LogP contribution in [0.5, 0.6) is 5.75 Å². The van der Waals surface area contributed by atoms with Gasteiger partial charge >= 0.3 is 0 Å². The second kappa shape index (κ2) is 8.12. The average molecular weight is 425 g/mol. The maximum atomic E-state index is 12.6. The number of aryl methyl sites for hydroxylation is 2. The summed E-state index contributed by atoms with van der Waals surface area (Å²) < 4.78 is 6.11. The zero-order valence-electron chi connectivity index (χ0n) is 16.5. The first-order valence-corrected chi connectivity index (χ1v) is 9.84. The van der Waals surface area contributed by atoms with E-state index in [0.717, 1.165) is 11.1 Å². The largest absolute Gasteiger partial charge is 0.489 e. The molecule has 0 aliphatic rings. The van der Waals surface area contributed by atoms with Crippen LogP contribution < -0.4 is 15.9 Å². The molecular formula is C22H21ClN4O3. The van der Waals surface area contributed by atoms with Crippen LogP contribution >= 0.6 is 11.6 Å². The van der Waals surface area contributed by atoms with Gasteiger partial charge in [0.15, 0.2) is 0 Å². The third-order valence-corrected chi connectivity index (χ3v) is 5.35. The van der Waals surface area contributed by atoms with Crippen LogP contribution in [0.3, 0.4) is 0 Å². The van der Waals surface area contributed by atoms with Crippen molar-refractivity contribution in [1.82, 2.24) is 20.4 Å². The molecule has 2 aromatic heterocycles. The van der Waals surface area contributed by atoms with Crippen LogP contribution in [0.25, 0.3) is 0 Å². The smallest absolute Gasteiger partial charge is 0.268 e. The Morgan fingerprint density at radius 3 is 2.07 bits per heavy atom. The van der Waals surface area contributed by atoms with Gasteiger partial charge in [0.25, 0.3) is 11.1 Å². The Balaban J connectivity index is 1.83. The minimum absolute atomic E-state index is 0.276. The number of para-hydroxylation sites is 1. The lowest BCUT2D eigenvalue weighted by Crippen LogP contribution is -2.21. The molecule has 0 radical (unpaired) electrons. The van der Waals surface area contributed by atoms with Gasteiger partial charge in [0.1, 0.15) is 12.4 Å². The highest BCUT2D eigenvalue weighted by atomic mass is 35.5. The van der Waals surface area contributed by atoms with E-state index in [2.05, 4.69) is 20.4 Å². The molecule has 0 unspecified atom stereocenters. The highest BCUT2D eigenvalue weighted by Gasteiger charge is 2.30. The van der Waals surface area contributed by atoms with E-state index in [-0.39, 0.29) is 11.1 Å². The quantitative estimate of drug-likeness (QED) is 0.378. The summed E-state index contributed by atoms with van der Waals surface area (Å²) in [5.41, 5.74) is 3.36. The van der Waals surface area contributed by atoms with Gasteiger partial charge in [0.2, 0.25) is 0 Å². The van der Waals surface area contributed by atoms with Gasteiger partial charge in [-0.3, -0.25) is 19.8 Å². The van der Waals surface area contributed by atoms with Crippen LogP contribution in [0.15, 0.2) is 58.1 Å². The molecule has 0 atom stereocenters. The fourth-order valence-electron chi connectivity index (χ4n) is 3.70. The van der Waals surface area contributed by atoms with Crippen molar-refractivity contribution in [2.75, 3.05) is 0 Å². The van der Waals surface area contributed by atoms with E-state index in [1.54, 1.807) is 19.9 Å². The van der Waals surface area contributed by atoms with E-state index in [1.165, 1.54) is 0 Å². The fraction of sp³-hybridized carbons (Fsp3) is 0.182. The number of benzene rings is 2. The number of aromatic amines is 4. The molecule has 7 nitrogen and oxygen atoms in total. The first-order valence-electron chi connectivity index (χ1n) is 9.46. The third kappa shape index (κ3) is 3.71. The predicted molar refractivity (Wildman–Crippen MR) is 115 cm³/mol. The maximum Gasteiger partial charge on any atom is 0.268 e. The number of hydrogen-bond donors (Lipinski definition) is 4. The van der Waals surface area contributed by atoms with E-state index in [0.29, 0.717) is 39.9 Å². The Labute approximate surface area is 177 Å². The van der Waals surface area contributed by atoms with Crippen LogP contribution in [-0.4, -0.2) is 20.4 Å². The normalized spacial score (nSPS) is 11.2. The molecule has 0 amide bonds. The van der Waals surface area contributed by atoms with Crippen molar-refractivity contribution < 1.29 is 4.74 Å². The summed E-state index contributed by atoms with van der Waals surface area (Å²) in [4.78, 5) is 25.3. The van der Waals surface area contributed by atoms with E-state index in [1.807, 2.05) is 42.5 Å². The second-order valence-electron chi connectivity index (χ2n) is 7.13. The van der Waals surface area contributed by atoms with Crippen LogP contribution in [-0.2, 0) is 6.61 Å². The van der Waals surface area contributed by atoms with Gasteiger partial charge in [-0.2, -0.15) is 0 Å². The van der Waals surface area contributed by atoms with Crippen molar-refractivity contribution in [3.8, 4) is 5.75 Å². The van der Waals surface area contributed by atoms with Gasteiger partial charge < -0.3 is 14.9 Å². The molecule has 0 saturated carbocycles. The van der Waals surface area contributed by atoms with E-state index < -0.39 is 5.92 Å². The summed E-state index contributed by atoms with van der Waals surface area (Å²) in [6.45, 7) is 3.90. The van der Waals surface area contributed by atoms with Gasteiger partial charge in [0.05, 0.1) is 17.0 Å². The summed E-state index contributed by atoms with van der Waals surface area (Å²) in [5, 5.41) is 11.6. The first-order chi connectivity index (χ1) is 14.5. The van der Waals surface area contributed by atoms with Gasteiger partial charge in [0, 0.05) is 22.0 Å². The van der Waals surface area contributed by atoms with Crippen molar-refractivity contribution >= 4 is 11.6 Å². The minimum Gasteiger partial charge on any atom is -0.489 e. The number of nitrogens with one attached hydrogen (secondary N) is 4. The molecule has 2 heterocycles. The minimum atomic E-state index is -0.606. The molecule has 4 aromatic rings. The summed E-state index contributed by atoms with van der Waals surface area (Å²) in [6, 6.07) is 14.8. The number of halogens is 1. The van der Waals surface area contributed by atoms with Crippen LogP contribution in [0.4, 0.5) is 0 Å². The van der Waals surface area contributed by atoms with Gasteiger partial charge in [-0.25, -0.2) is 0 Å². The van der Waals surface area contributed by atoms with Crippen LogP contribution in [0.1, 0.15) is 39.6 Å². The molecule has 8 heteroatoms. The number of aromatic nitrogens is 4. The zero-order valence-corrected chi connectivity index (χ0v) is 17.3. The molecule has 0 fully saturated rings. The Morgan fingerprint density at radius 1 is 0.867 bits per heavy atom. The Bertz CT molecular complexity index is 1240. The van der Waals surface area contributed by atoms with Gasteiger partial charge in [-0.05, 0) is 37.6 Å². The Hall–Kier alpha value is -3.45. The topological polar surface area (TPSA) is 107 Å². The molecule has 0 aliphatic heterocycles. The maximum absolute atomic E-state index is 12.6. The predicted octanol–water partition coefficient (Wildman–Crippen LogP) is 3.75. The van der Waals surface area contributed by atoms with Crippen molar-refractivity contribution in [2.24, 2.45) is 0 Å². The second-order valence-corrected chi connectivity index (χ2v) is 7.56. The number of rotatable bonds is 6. The molecule has 4 N–H and O–H groups in total. The lowest BCUT2D eigenvalue weighted by Gasteiger charge is -2.20. The molecule has 0 saturated heterocycles. The van der Waals surface area contributed by atoms with E-state index in [4.69, 9.17) is 16.3 Å². The Morgan fingerprint density at radius 2 is 1.50 bits per heavy atom. The fourth-order valence-corrected chi connectivity index (χ4v) is 3.91. The van der Waals surface area contributed by atoms with Crippen molar-refractivity contribution in [1.29, 1.82) is 0 Å².